The zero-order valence-corrected chi connectivity index (χ0v) is 8.01. The molecule has 1 aliphatic carbocycles. The number of rotatable bonds is 1. The van der Waals surface area contributed by atoms with Crippen LogP contribution in [0.4, 0.5) is 0 Å². The van der Waals surface area contributed by atoms with Crippen molar-refractivity contribution < 1.29 is 4.79 Å². The molecule has 0 atom stereocenters. The van der Waals surface area contributed by atoms with Gasteiger partial charge in [-0.25, -0.2) is 5.84 Å². The van der Waals surface area contributed by atoms with Crippen LogP contribution in [0.15, 0.2) is 12.3 Å². The molecule has 0 bridgehead atoms. The van der Waals surface area contributed by atoms with Crippen LogP contribution in [0.2, 0.25) is 5.02 Å². The van der Waals surface area contributed by atoms with Crippen molar-refractivity contribution in [3.63, 3.8) is 0 Å². The molecule has 1 aromatic heterocycles. The first-order chi connectivity index (χ1) is 6.74. The number of hydrogen-bond acceptors (Lipinski definition) is 3. The van der Waals surface area contributed by atoms with Crippen LogP contribution in [0, 0.1) is 0 Å². The van der Waals surface area contributed by atoms with Gasteiger partial charge in [0.25, 0.3) is 5.91 Å². The van der Waals surface area contributed by atoms with Crippen LogP contribution in [0.5, 0.6) is 0 Å². The Labute approximate surface area is 85.7 Å². The minimum atomic E-state index is -0.425. The third-order valence-electron chi connectivity index (χ3n) is 2.10. The summed E-state index contributed by atoms with van der Waals surface area (Å²) in [5.41, 5.74) is 4.04. The molecule has 0 aliphatic heterocycles. The molecular weight excluding hydrogens is 202 g/mol. The number of nitrogens with one attached hydrogen (secondary N) is 1. The Morgan fingerprint density at radius 3 is 3.14 bits per heavy atom. The van der Waals surface area contributed by atoms with E-state index in [2.05, 4.69) is 4.98 Å². The normalized spacial score (nSPS) is 12.7. The number of nitrogens with two attached hydrogens (primary N) is 1. The maximum absolute atomic E-state index is 11.2. The number of aromatic nitrogens is 1. The Morgan fingerprint density at radius 2 is 2.43 bits per heavy atom. The number of carbonyl (C=O) groups excluding carboxylic acids is 1. The fraction of sp³-hybridized carbons (Fsp3) is 0.111. The second-order valence-electron chi connectivity index (χ2n) is 2.93. The van der Waals surface area contributed by atoms with E-state index in [1.165, 1.54) is 6.20 Å². The molecule has 72 valence electrons. The molecular formula is C9H8ClN3O. The zero-order valence-electron chi connectivity index (χ0n) is 7.25. The number of fused-ring (bicyclic) bond motifs is 1. The first-order valence-electron chi connectivity index (χ1n) is 4.09. The van der Waals surface area contributed by atoms with Gasteiger partial charge < -0.3 is 0 Å². The van der Waals surface area contributed by atoms with E-state index in [4.69, 9.17) is 17.4 Å². The van der Waals surface area contributed by atoms with Crippen molar-refractivity contribution in [2.24, 2.45) is 5.84 Å². The van der Waals surface area contributed by atoms with Crippen LogP contribution in [0.25, 0.3) is 6.08 Å². The second kappa shape index (κ2) is 3.40. The quantitative estimate of drug-likeness (QED) is 0.410. The van der Waals surface area contributed by atoms with Crippen molar-refractivity contribution in [3.8, 4) is 0 Å². The van der Waals surface area contributed by atoms with E-state index >= 15 is 0 Å². The Bertz CT molecular complexity index is 428. The topological polar surface area (TPSA) is 68.0 Å². The van der Waals surface area contributed by atoms with Crippen molar-refractivity contribution >= 4 is 23.6 Å². The van der Waals surface area contributed by atoms with Crippen LogP contribution in [-0.4, -0.2) is 10.9 Å². The Morgan fingerprint density at radius 1 is 1.64 bits per heavy atom. The molecule has 1 heterocycles. The van der Waals surface area contributed by atoms with E-state index in [1.54, 1.807) is 0 Å². The van der Waals surface area contributed by atoms with Crippen molar-refractivity contribution in [3.05, 3.63) is 34.1 Å². The van der Waals surface area contributed by atoms with Crippen LogP contribution in [-0.2, 0) is 6.42 Å². The summed E-state index contributed by atoms with van der Waals surface area (Å²) in [5.74, 6) is 4.59. The summed E-state index contributed by atoms with van der Waals surface area (Å²) in [4.78, 5) is 15.4. The van der Waals surface area contributed by atoms with Gasteiger partial charge >= 0.3 is 0 Å². The molecule has 0 saturated carbocycles. The molecule has 0 unspecified atom stereocenters. The Balaban J connectivity index is 2.54. The monoisotopic (exact) mass is 209 g/mol. The highest BCUT2D eigenvalue weighted by Gasteiger charge is 2.17. The predicted octanol–water partition coefficient (Wildman–Crippen LogP) is 0.908. The number of carbonyl (C=O) groups is 1. The lowest BCUT2D eigenvalue weighted by molar-refractivity contribution is 0.0953. The fourth-order valence-corrected chi connectivity index (χ4v) is 1.70. The summed E-state index contributed by atoms with van der Waals surface area (Å²) in [7, 11) is 0. The van der Waals surface area contributed by atoms with E-state index in [0.29, 0.717) is 10.6 Å². The van der Waals surface area contributed by atoms with Gasteiger partial charge in [-0.05, 0) is 0 Å². The first-order valence-corrected chi connectivity index (χ1v) is 4.46. The number of nitrogen functional groups attached to an aromatic ring is 1. The molecule has 1 aromatic rings. The molecule has 1 aliphatic rings. The molecule has 3 N–H and O–H groups in total. The molecule has 0 radical (unpaired) electrons. The van der Waals surface area contributed by atoms with Gasteiger partial charge in [0.15, 0.2) is 0 Å². The van der Waals surface area contributed by atoms with Gasteiger partial charge in [0.1, 0.15) is 0 Å². The van der Waals surface area contributed by atoms with Crippen LogP contribution < -0.4 is 11.3 Å². The molecule has 2 rings (SSSR count). The molecule has 14 heavy (non-hydrogen) atoms. The summed E-state index contributed by atoms with van der Waals surface area (Å²) in [5, 5.41) is 0.409. The van der Waals surface area contributed by atoms with Gasteiger partial charge in [-0.2, -0.15) is 0 Å². The average Bonchev–Trinajstić information content (AvgIpc) is 2.66. The molecule has 5 heteroatoms. The van der Waals surface area contributed by atoms with Crippen LogP contribution in [0.3, 0.4) is 0 Å². The van der Waals surface area contributed by atoms with E-state index in [0.717, 1.165) is 17.7 Å². The largest absolute Gasteiger partial charge is 0.290 e. The third kappa shape index (κ3) is 1.29. The molecule has 4 nitrogen and oxygen atoms in total. The number of amides is 1. The number of allylic oxidation sites excluding steroid dienone is 1. The lowest BCUT2D eigenvalue weighted by atomic mass is 10.1. The summed E-state index contributed by atoms with van der Waals surface area (Å²) in [6, 6.07) is 0. The van der Waals surface area contributed by atoms with Crippen LogP contribution in [0.1, 0.15) is 21.6 Å². The highest BCUT2D eigenvalue weighted by Crippen LogP contribution is 2.28. The maximum Gasteiger partial charge on any atom is 0.268 e. The molecule has 0 aromatic carbocycles. The lowest BCUT2D eigenvalue weighted by Crippen LogP contribution is -2.30. The van der Waals surface area contributed by atoms with E-state index in [1.807, 2.05) is 17.6 Å². The third-order valence-corrected chi connectivity index (χ3v) is 2.51. The summed E-state index contributed by atoms with van der Waals surface area (Å²) < 4.78 is 0. The smallest absolute Gasteiger partial charge is 0.268 e. The van der Waals surface area contributed by atoms with E-state index < -0.39 is 5.91 Å². The van der Waals surface area contributed by atoms with Gasteiger partial charge in [-0.3, -0.25) is 15.2 Å². The van der Waals surface area contributed by atoms with Crippen LogP contribution >= 0.6 is 11.6 Å². The number of halogens is 1. The van der Waals surface area contributed by atoms with Crippen molar-refractivity contribution in [1.29, 1.82) is 0 Å². The summed E-state index contributed by atoms with van der Waals surface area (Å²) in [6.45, 7) is 0. The maximum atomic E-state index is 11.2. The second-order valence-corrected chi connectivity index (χ2v) is 3.30. The van der Waals surface area contributed by atoms with Gasteiger partial charge in [-0.15, -0.1) is 0 Å². The lowest BCUT2D eigenvalue weighted by Gasteiger charge is -2.05. The predicted molar refractivity (Wildman–Crippen MR) is 53.6 cm³/mol. The first kappa shape index (κ1) is 9.18. The molecule has 0 saturated heterocycles. The Kier molecular flexibility index (Phi) is 2.23. The SMILES string of the molecule is NNC(=O)c1cnc2c(c1Cl)C=CC2. The summed E-state index contributed by atoms with van der Waals surface area (Å²) in [6.07, 6.45) is 6.02. The fourth-order valence-electron chi connectivity index (χ4n) is 1.40. The van der Waals surface area contributed by atoms with Crippen molar-refractivity contribution in [2.45, 2.75) is 6.42 Å². The average molecular weight is 210 g/mol. The number of nitrogens with zero attached hydrogens (tertiary/aromatic N) is 1. The molecule has 0 fully saturated rings. The minimum Gasteiger partial charge on any atom is -0.290 e. The molecule has 1 amide bonds. The minimum absolute atomic E-state index is 0.305. The molecule has 0 spiro atoms. The standard InChI is InChI=1S/C9H8ClN3O/c10-8-5-2-1-3-7(5)12-4-6(8)9(14)13-11/h1-2,4H,3,11H2,(H,13,14). The number of hydrogen-bond donors (Lipinski definition) is 2. The van der Waals surface area contributed by atoms with Gasteiger partial charge in [-0.1, -0.05) is 23.8 Å². The highest BCUT2D eigenvalue weighted by molar-refractivity contribution is 6.35. The van der Waals surface area contributed by atoms with Crippen molar-refractivity contribution in [2.75, 3.05) is 0 Å². The van der Waals surface area contributed by atoms with E-state index in [-0.39, 0.29) is 0 Å². The number of hydrazine groups is 1. The summed E-state index contributed by atoms with van der Waals surface area (Å²) >= 11 is 6.02. The number of pyridine rings is 1. The zero-order chi connectivity index (χ0) is 10.1. The van der Waals surface area contributed by atoms with Gasteiger partial charge in [0.05, 0.1) is 16.3 Å². The van der Waals surface area contributed by atoms with Gasteiger partial charge in [0.2, 0.25) is 0 Å². The Hall–Kier alpha value is -1.39. The van der Waals surface area contributed by atoms with E-state index in [9.17, 15) is 4.79 Å². The highest BCUT2D eigenvalue weighted by atomic mass is 35.5. The van der Waals surface area contributed by atoms with Gasteiger partial charge in [0, 0.05) is 18.2 Å². The van der Waals surface area contributed by atoms with Crippen molar-refractivity contribution in [1.82, 2.24) is 10.4 Å².